The molecule has 2 bridgehead atoms. The van der Waals surface area contributed by atoms with E-state index in [1.807, 2.05) is 18.3 Å². The molecule has 0 unspecified atom stereocenters. The number of benzene rings is 1. The van der Waals surface area contributed by atoms with Crippen LogP contribution in [0.25, 0.3) is 5.65 Å². The van der Waals surface area contributed by atoms with E-state index < -0.39 is 0 Å². The van der Waals surface area contributed by atoms with Crippen molar-refractivity contribution in [2.24, 2.45) is 5.92 Å². The molecule has 4 aliphatic heterocycles. The smallest absolute Gasteiger partial charge is 0.274 e. The van der Waals surface area contributed by atoms with Gasteiger partial charge < -0.3 is 4.90 Å². The Morgan fingerprint density at radius 3 is 2.64 bits per heavy atom. The van der Waals surface area contributed by atoms with E-state index in [1.54, 1.807) is 10.7 Å². The van der Waals surface area contributed by atoms with Crippen molar-refractivity contribution in [1.82, 2.24) is 24.4 Å². The van der Waals surface area contributed by atoms with Gasteiger partial charge in [0.25, 0.3) is 5.91 Å². The number of aromatic nitrogens is 3. The lowest BCUT2D eigenvalue weighted by molar-refractivity contribution is -0.00359. The molecule has 4 aliphatic rings. The minimum Gasteiger partial charge on any atom is -0.332 e. The first-order valence-electron chi connectivity index (χ1n) is 10.2. The summed E-state index contributed by atoms with van der Waals surface area (Å²) in [6, 6.07) is 15.1. The van der Waals surface area contributed by atoms with Crippen LogP contribution in [0, 0.1) is 5.92 Å². The summed E-state index contributed by atoms with van der Waals surface area (Å²) >= 11 is 0. The molecule has 1 aromatic carbocycles. The number of amides is 1. The molecule has 0 spiro atoms. The molecular formula is C22H23N5O. The van der Waals surface area contributed by atoms with Crippen LogP contribution in [0.4, 0.5) is 0 Å². The minimum atomic E-state index is 0.0488. The topological polar surface area (TPSA) is 53.7 Å². The van der Waals surface area contributed by atoms with Gasteiger partial charge in [-0.05, 0) is 43.5 Å². The van der Waals surface area contributed by atoms with E-state index in [4.69, 9.17) is 0 Å². The van der Waals surface area contributed by atoms with Crippen molar-refractivity contribution >= 4 is 11.6 Å². The van der Waals surface area contributed by atoms with Crippen molar-refractivity contribution in [3.05, 3.63) is 66.1 Å². The lowest BCUT2D eigenvalue weighted by Crippen LogP contribution is -2.60. The Labute approximate surface area is 163 Å². The normalized spacial score (nSPS) is 31.3. The number of rotatable bonds is 2. The van der Waals surface area contributed by atoms with Crippen LogP contribution >= 0.6 is 0 Å². The number of carbonyl (C=O) groups is 1. The Morgan fingerprint density at radius 2 is 1.86 bits per heavy atom. The summed E-state index contributed by atoms with van der Waals surface area (Å²) in [5.41, 5.74) is 2.56. The molecule has 6 heteroatoms. The molecule has 6 nitrogen and oxygen atoms in total. The Hall–Kier alpha value is -2.73. The second kappa shape index (κ2) is 6.14. The van der Waals surface area contributed by atoms with E-state index in [-0.39, 0.29) is 11.9 Å². The Bertz CT molecular complexity index is 991. The summed E-state index contributed by atoms with van der Waals surface area (Å²) in [4.78, 5) is 22.6. The number of likely N-dealkylation sites (tertiary alicyclic amines) is 1. The SMILES string of the molecule is O=C(c1cc2ncccn2n1)N1C[C@H](c2ccccc2)[C@H]2[C@@H]1C1CCN2CC1. The Balaban J connectivity index is 1.39. The maximum atomic E-state index is 13.5. The summed E-state index contributed by atoms with van der Waals surface area (Å²) in [5.74, 6) is 1.02. The molecule has 0 N–H and O–H groups in total. The fraction of sp³-hybridized carbons (Fsp3) is 0.409. The van der Waals surface area contributed by atoms with Gasteiger partial charge in [0.1, 0.15) is 0 Å². The molecule has 142 valence electrons. The quantitative estimate of drug-likeness (QED) is 0.692. The number of fused-ring (bicyclic) bond motifs is 3. The molecule has 0 radical (unpaired) electrons. The van der Waals surface area contributed by atoms with Crippen LogP contribution in [0.2, 0.25) is 0 Å². The van der Waals surface area contributed by atoms with Crippen LogP contribution in [0.3, 0.4) is 0 Å². The minimum absolute atomic E-state index is 0.0488. The standard InChI is InChI=1S/C22H23N5O/c28-22(18-13-19-23-9-4-10-27(19)24-18)26-14-17(15-5-2-1-3-6-15)21-20(26)16-7-11-25(21)12-8-16/h1-6,9-10,13,16-17,20-21H,7-8,11-12,14H2/t17-,20+,21+/m1/s1. The van der Waals surface area contributed by atoms with E-state index in [2.05, 4.69) is 50.2 Å². The molecule has 0 saturated carbocycles. The fourth-order valence-corrected chi connectivity index (χ4v) is 5.73. The molecule has 4 saturated heterocycles. The molecule has 7 rings (SSSR count). The van der Waals surface area contributed by atoms with Crippen LogP contribution < -0.4 is 0 Å². The molecule has 6 heterocycles. The second-order valence-electron chi connectivity index (χ2n) is 8.28. The lowest BCUT2D eigenvalue weighted by atomic mass is 9.75. The van der Waals surface area contributed by atoms with Crippen molar-refractivity contribution in [2.45, 2.75) is 30.8 Å². The highest BCUT2D eigenvalue weighted by molar-refractivity contribution is 5.94. The first kappa shape index (κ1) is 16.2. The van der Waals surface area contributed by atoms with Crippen LogP contribution in [0.1, 0.15) is 34.8 Å². The van der Waals surface area contributed by atoms with Crippen molar-refractivity contribution in [3.8, 4) is 0 Å². The van der Waals surface area contributed by atoms with Gasteiger partial charge in [0.2, 0.25) is 0 Å². The van der Waals surface area contributed by atoms with Crippen LogP contribution in [0.5, 0.6) is 0 Å². The van der Waals surface area contributed by atoms with Gasteiger partial charge in [-0.25, -0.2) is 9.50 Å². The molecule has 28 heavy (non-hydrogen) atoms. The van der Waals surface area contributed by atoms with E-state index in [0.717, 1.165) is 25.3 Å². The van der Waals surface area contributed by atoms with Crippen molar-refractivity contribution in [1.29, 1.82) is 0 Å². The third-order valence-corrected chi connectivity index (χ3v) is 6.94. The summed E-state index contributed by atoms with van der Waals surface area (Å²) in [6.45, 7) is 3.09. The Kier molecular flexibility index (Phi) is 3.56. The summed E-state index contributed by atoms with van der Waals surface area (Å²) < 4.78 is 1.69. The predicted octanol–water partition coefficient (Wildman–Crippen LogP) is 2.43. The zero-order valence-corrected chi connectivity index (χ0v) is 15.7. The third-order valence-electron chi connectivity index (χ3n) is 6.94. The van der Waals surface area contributed by atoms with Gasteiger partial charge >= 0.3 is 0 Å². The van der Waals surface area contributed by atoms with Crippen molar-refractivity contribution in [2.75, 3.05) is 19.6 Å². The summed E-state index contributed by atoms with van der Waals surface area (Å²) in [6.07, 6.45) is 5.96. The first-order valence-corrected chi connectivity index (χ1v) is 10.2. The summed E-state index contributed by atoms with van der Waals surface area (Å²) in [7, 11) is 0. The van der Waals surface area contributed by atoms with Crippen LogP contribution in [-0.2, 0) is 0 Å². The molecule has 3 aromatic rings. The maximum absolute atomic E-state index is 13.5. The van der Waals surface area contributed by atoms with E-state index in [0.29, 0.717) is 23.6 Å². The van der Waals surface area contributed by atoms with Crippen molar-refractivity contribution < 1.29 is 4.79 Å². The third kappa shape index (κ3) is 2.34. The fourth-order valence-electron chi connectivity index (χ4n) is 5.73. The van der Waals surface area contributed by atoms with Gasteiger partial charge in [0.05, 0.1) is 6.04 Å². The maximum Gasteiger partial charge on any atom is 0.274 e. The van der Waals surface area contributed by atoms with Crippen molar-refractivity contribution in [3.63, 3.8) is 0 Å². The molecule has 1 amide bonds. The second-order valence-corrected chi connectivity index (χ2v) is 8.28. The lowest BCUT2D eigenvalue weighted by Gasteiger charge is -2.51. The molecule has 3 atom stereocenters. The monoisotopic (exact) mass is 373 g/mol. The largest absolute Gasteiger partial charge is 0.332 e. The van der Waals surface area contributed by atoms with Gasteiger partial charge in [-0.15, -0.1) is 0 Å². The van der Waals surface area contributed by atoms with E-state index >= 15 is 0 Å². The molecule has 4 fully saturated rings. The van der Waals surface area contributed by atoms with Gasteiger partial charge in [-0.1, -0.05) is 30.3 Å². The van der Waals surface area contributed by atoms with E-state index in [9.17, 15) is 4.79 Å². The van der Waals surface area contributed by atoms with Crippen LogP contribution in [0.15, 0.2) is 54.9 Å². The first-order chi connectivity index (χ1) is 13.8. The Morgan fingerprint density at radius 1 is 1.04 bits per heavy atom. The number of hydrogen-bond donors (Lipinski definition) is 0. The molecular weight excluding hydrogens is 350 g/mol. The van der Waals surface area contributed by atoms with Crippen LogP contribution in [-0.4, -0.2) is 62.0 Å². The van der Waals surface area contributed by atoms with Gasteiger partial charge in [-0.2, -0.15) is 5.10 Å². The molecule has 2 aromatic heterocycles. The van der Waals surface area contributed by atoms with E-state index in [1.165, 1.54) is 18.4 Å². The predicted molar refractivity (Wildman–Crippen MR) is 105 cm³/mol. The highest BCUT2D eigenvalue weighted by Crippen LogP contribution is 2.46. The highest BCUT2D eigenvalue weighted by Gasteiger charge is 2.54. The average Bonchev–Trinajstić information content (AvgIpc) is 3.38. The van der Waals surface area contributed by atoms with Gasteiger partial charge in [-0.3, -0.25) is 9.69 Å². The van der Waals surface area contributed by atoms with Gasteiger partial charge in [0, 0.05) is 37.0 Å². The number of nitrogens with zero attached hydrogens (tertiary/aromatic N) is 5. The highest BCUT2D eigenvalue weighted by atomic mass is 16.2. The zero-order chi connectivity index (χ0) is 18.7. The number of hydrogen-bond acceptors (Lipinski definition) is 4. The average molecular weight is 373 g/mol. The molecule has 0 aliphatic carbocycles. The van der Waals surface area contributed by atoms with Gasteiger partial charge in [0.15, 0.2) is 11.3 Å². The zero-order valence-electron chi connectivity index (χ0n) is 15.7. The number of piperidine rings is 3. The number of carbonyl (C=O) groups excluding carboxylic acids is 1. The summed E-state index contributed by atoms with van der Waals surface area (Å²) in [5, 5.41) is 4.50.